The predicted octanol–water partition coefficient (Wildman–Crippen LogP) is 4.05. The van der Waals surface area contributed by atoms with Crippen LogP contribution in [-0.4, -0.2) is 17.4 Å². The first kappa shape index (κ1) is 13.4. The van der Waals surface area contributed by atoms with E-state index in [1.807, 2.05) is 49.9 Å². The van der Waals surface area contributed by atoms with Gasteiger partial charge in [-0.25, -0.2) is 0 Å². The average molecular weight is 266 g/mol. The molecule has 2 nitrogen and oxygen atoms in total. The van der Waals surface area contributed by atoms with E-state index in [0.717, 1.165) is 30.0 Å². The van der Waals surface area contributed by atoms with Gasteiger partial charge in [-0.3, -0.25) is 4.79 Å². The Morgan fingerprint density at radius 1 is 1.33 bits per heavy atom. The Labute approximate surface area is 114 Å². The summed E-state index contributed by atoms with van der Waals surface area (Å²) in [6, 6.07) is 7.98. The molecule has 0 aromatic heterocycles. The third-order valence-electron chi connectivity index (χ3n) is 3.42. The second-order valence-corrected chi connectivity index (χ2v) is 6.34. The van der Waals surface area contributed by atoms with Gasteiger partial charge >= 0.3 is 0 Å². The monoisotopic (exact) mass is 265 g/mol. The topological polar surface area (TPSA) is 20.3 Å². The molecule has 1 aromatic carbocycles. The number of hydrogen-bond acceptors (Lipinski definition) is 1. The van der Waals surface area contributed by atoms with Gasteiger partial charge in [-0.05, 0) is 24.5 Å². The molecule has 1 atom stereocenters. The second kappa shape index (κ2) is 4.93. The van der Waals surface area contributed by atoms with Crippen molar-refractivity contribution in [3.63, 3.8) is 0 Å². The molecule has 1 aliphatic heterocycles. The molecule has 2 rings (SSSR count). The number of benzene rings is 1. The van der Waals surface area contributed by atoms with Crippen molar-refractivity contribution in [1.82, 2.24) is 4.90 Å². The van der Waals surface area contributed by atoms with Crippen LogP contribution >= 0.6 is 11.6 Å². The van der Waals surface area contributed by atoms with Gasteiger partial charge in [-0.2, -0.15) is 0 Å². The van der Waals surface area contributed by atoms with Gasteiger partial charge in [0, 0.05) is 17.0 Å². The van der Waals surface area contributed by atoms with Gasteiger partial charge in [0.1, 0.15) is 0 Å². The van der Waals surface area contributed by atoms with Crippen LogP contribution in [0.5, 0.6) is 0 Å². The third-order valence-corrected chi connectivity index (χ3v) is 3.76. The van der Waals surface area contributed by atoms with E-state index in [-0.39, 0.29) is 17.4 Å². The van der Waals surface area contributed by atoms with Crippen LogP contribution in [0.15, 0.2) is 24.3 Å². The van der Waals surface area contributed by atoms with E-state index < -0.39 is 0 Å². The third kappa shape index (κ3) is 2.54. The van der Waals surface area contributed by atoms with Crippen molar-refractivity contribution in [2.24, 2.45) is 5.41 Å². The molecule has 0 aliphatic carbocycles. The smallest absolute Gasteiger partial charge is 0.228 e. The maximum atomic E-state index is 12.4. The number of halogens is 1. The molecule has 1 aromatic rings. The van der Waals surface area contributed by atoms with Gasteiger partial charge in [0.25, 0.3) is 0 Å². The number of hydrogen-bond donors (Lipinski definition) is 0. The average Bonchev–Trinajstić information content (AvgIpc) is 2.76. The Balaban J connectivity index is 2.29. The molecular weight excluding hydrogens is 246 g/mol. The maximum absolute atomic E-state index is 12.4. The number of rotatable bonds is 1. The summed E-state index contributed by atoms with van der Waals surface area (Å²) >= 11 is 6.25. The molecule has 0 spiro atoms. The molecule has 0 bridgehead atoms. The lowest BCUT2D eigenvalue weighted by Crippen LogP contribution is -2.39. The lowest BCUT2D eigenvalue weighted by Gasteiger charge is -2.31. The Morgan fingerprint density at radius 2 is 2.00 bits per heavy atom. The van der Waals surface area contributed by atoms with Gasteiger partial charge in [-0.15, -0.1) is 0 Å². The predicted molar refractivity (Wildman–Crippen MR) is 74.6 cm³/mol. The van der Waals surface area contributed by atoms with Gasteiger partial charge in [-0.1, -0.05) is 50.6 Å². The van der Waals surface area contributed by atoms with E-state index in [2.05, 4.69) is 0 Å². The fraction of sp³-hybridized carbons (Fsp3) is 0.533. The van der Waals surface area contributed by atoms with Crippen molar-refractivity contribution in [2.75, 3.05) is 6.54 Å². The molecule has 0 radical (unpaired) electrons. The van der Waals surface area contributed by atoms with Gasteiger partial charge in [0.05, 0.1) is 6.04 Å². The van der Waals surface area contributed by atoms with Crippen molar-refractivity contribution in [2.45, 2.75) is 39.7 Å². The zero-order chi connectivity index (χ0) is 13.3. The highest BCUT2D eigenvalue weighted by atomic mass is 35.5. The summed E-state index contributed by atoms with van der Waals surface area (Å²) in [7, 11) is 0. The summed E-state index contributed by atoms with van der Waals surface area (Å²) in [5.74, 6) is 0.213. The summed E-state index contributed by atoms with van der Waals surface area (Å²) in [5.41, 5.74) is 0.749. The molecule has 1 saturated heterocycles. The number of nitrogens with zero attached hydrogens (tertiary/aromatic N) is 1. The van der Waals surface area contributed by atoms with Crippen LogP contribution in [0.1, 0.15) is 45.2 Å². The minimum absolute atomic E-state index is 0.144. The normalized spacial score (nSPS) is 20.2. The lowest BCUT2D eigenvalue weighted by atomic mass is 9.93. The van der Waals surface area contributed by atoms with Crippen LogP contribution in [0, 0.1) is 5.41 Å². The van der Waals surface area contributed by atoms with Crippen LogP contribution in [-0.2, 0) is 4.79 Å². The first-order valence-corrected chi connectivity index (χ1v) is 6.84. The molecule has 0 unspecified atom stereocenters. The van der Waals surface area contributed by atoms with E-state index in [4.69, 9.17) is 11.6 Å². The molecule has 1 aliphatic rings. The number of likely N-dealkylation sites (tertiary alicyclic amines) is 1. The maximum Gasteiger partial charge on any atom is 0.228 e. The number of carbonyl (C=O) groups excluding carboxylic acids is 1. The van der Waals surface area contributed by atoms with Crippen molar-refractivity contribution in [3.8, 4) is 0 Å². The van der Waals surface area contributed by atoms with E-state index in [0.29, 0.717) is 0 Å². The molecule has 1 heterocycles. The van der Waals surface area contributed by atoms with E-state index in [1.165, 1.54) is 0 Å². The highest BCUT2D eigenvalue weighted by Crippen LogP contribution is 2.37. The summed E-state index contributed by atoms with van der Waals surface area (Å²) in [4.78, 5) is 14.4. The molecule has 98 valence electrons. The van der Waals surface area contributed by atoms with Crippen LogP contribution in [0.25, 0.3) is 0 Å². The quantitative estimate of drug-likeness (QED) is 0.750. The minimum atomic E-state index is -0.330. The standard InChI is InChI=1S/C15H20ClNO/c1-15(2,3)14(18)17-10-6-9-13(17)11-7-4-5-8-12(11)16/h4-5,7-8,13H,6,9-10H2,1-3H3/t13-/m1/s1. The Bertz CT molecular complexity index is 450. The fourth-order valence-electron chi connectivity index (χ4n) is 2.51. The summed E-state index contributed by atoms with van der Waals surface area (Å²) in [6.07, 6.45) is 2.06. The largest absolute Gasteiger partial charge is 0.335 e. The highest BCUT2D eigenvalue weighted by Gasteiger charge is 2.36. The van der Waals surface area contributed by atoms with Crippen molar-refractivity contribution in [1.29, 1.82) is 0 Å². The van der Waals surface area contributed by atoms with Crippen LogP contribution in [0.2, 0.25) is 5.02 Å². The van der Waals surface area contributed by atoms with E-state index >= 15 is 0 Å². The van der Waals surface area contributed by atoms with Crippen LogP contribution in [0.4, 0.5) is 0 Å². The lowest BCUT2D eigenvalue weighted by molar-refractivity contribution is -0.140. The van der Waals surface area contributed by atoms with Crippen molar-refractivity contribution in [3.05, 3.63) is 34.9 Å². The first-order chi connectivity index (χ1) is 8.41. The summed E-state index contributed by atoms with van der Waals surface area (Å²) in [5, 5.41) is 0.760. The van der Waals surface area contributed by atoms with Crippen molar-refractivity contribution >= 4 is 17.5 Å². The zero-order valence-corrected chi connectivity index (χ0v) is 12.0. The van der Waals surface area contributed by atoms with E-state index in [1.54, 1.807) is 0 Å². The van der Waals surface area contributed by atoms with Gasteiger partial charge in [0.2, 0.25) is 5.91 Å². The van der Waals surface area contributed by atoms with Gasteiger partial charge in [0.15, 0.2) is 0 Å². The van der Waals surface area contributed by atoms with Crippen LogP contribution in [0.3, 0.4) is 0 Å². The fourth-order valence-corrected chi connectivity index (χ4v) is 2.77. The zero-order valence-electron chi connectivity index (χ0n) is 11.2. The molecular formula is C15H20ClNO. The SMILES string of the molecule is CC(C)(C)C(=O)N1CCC[C@@H]1c1ccccc1Cl. The van der Waals surface area contributed by atoms with Crippen molar-refractivity contribution < 1.29 is 4.79 Å². The minimum Gasteiger partial charge on any atom is -0.335 e. The summed E-state index contributed by atoms with van der Waals surface area (Å²) < 4.78 is 0. The van der Waals surface area contributed by atoms with Crippen LogP contribution < -0.4 is 0 Å². The first-order valence-electron chi connectivity index (χ1n) is 6.47. The Hall–Kier alpha value is -1.02. The van der Waals surface area contributed by atoms with E-state index in [9.17, 15) is 4.79 Å². The molecule has 1 amide bonds. The number of amides is 1. The van der Waals surface area contributed by atoms with Gasteiger partial charge < -0.3 is 4.90 Å². The number of carbonyl (C=O) groups is 1. The molecule has 0 N–H and O–H groups in total. The molecule has 3 heteroatoms. The molecule has 18 heavy (non-hydrogen) atoms. The highest BCUT2D eigenvalue weighted by molar-refractivity contribution is 6.31. The molecule has 0 saturated carbocycles. The second-order valence-electron chi connectivity index (χ2n) is 5.93. The Kier molecular flexibility index (Phi) is 3.67. The summed E-state index contributed by atoms with van der Waals surface area (Å²) in [6.45, 7) is 6.75. The molecule has 1 fully saturated rings. The Morgan fingerprint density at radius 3 is 2.61 bits per heavy atom.